The minimum atomic E-state index is -1.01. The minimum Gasteiger partial charge on any atom is -0.394 e. The van der Waals surface area contributed by atoms with Gasteiger partial charge >= 0.3 is 0 Å². The van der Waals surface area contributed by atoms with E-state index in [-0.39, 0.29) is 36.8 Å². The second-order valence-electron chi connectivity index (χ2n) is 12.2. The monoisotopic (exact) mass is 605 g/mol. The molecule has 0 radical (unpaired) electrons. The van der Waals surface area contributed by atoms with Crippen molar-refractivity contribution >= 4 is 52.5 Å². The summed E-state index contributed by atoms with van der Waals surface area (Å²) in [5.41, 5.74) is 2.23. The van der Waals surface area contributed by atoms with Gasteiger partial charge in [0.15, 0.2) is 0 Å². The summed E-state index contributed by atoms with van der Waals surface area (Å²) in [4.78, 5) is 49.1. The first-order valence-corrected chi connectivity index (χ1v) is 15.7. The molecule has 3 amide bonds. The number of nitrogens with zero attached hydrogens (tertiary/aromatic N) is 3. The molecule has 0 aliphatic carbocycles. The molecule has 1 unspecified atom stereocenters. The maximum absolute atomic E-state index is 14.8. The topological polar surface area (TPSA) is 81.2 Å². The van der Waals surface area contributed by atoms with Crippen LogP contribution in [-0.4, -0.2) is 69.0 Å². The van der Waals surface area contributed by atoms with Crippen LogP contribution in [-0.2, 0) is 14.4 Å². The van der Waals surface area contributed by atoms with Crippen LogP contribution >= 0.6 is 23.4 Å². The molecule has 0 saturated carbocycles. The maximum atomic E-state index is 14.8. The summed E-state index contributed by atoms with van der Waals surface area (Å²) in [7, 11) is 0. The molecule has 0 aromatic heterocycles. The van der Waals surface area contributed by atoms with Gasteiger partial charge in [0.2, 0.25) is 11.8 Å². The highest BCUT2D eigenvalue weighted by molar-refractivity contribution is 8.02. The molecular formula is C33H36ClN3O4S. The number of carbonyl (C=O) groups is 3. The molecule has 6 rings (SSSR count). The number of rotatable bonds is 5. The highest BCUT2D eigenvalue weighted by Gasteiger charge is 2.74. The number of likely N-dealkylation sites (tertiary alicyclic amines) is 1. The van der Waals surface area contributed by atoms with Gasteiger partial charge in [-0.25, -0.2) is 0 Å². The smallest absolute Gasteiger partial charge is 0.251 e. The molecule has 4 aliphatic heterocycles. The second-order valence-corrected chi connectivity index (χ2v) is 14.4. The van der Waals surface area contributed by atoms with E-state index in [1.54, 1.807) is 20.8 Å². The number of halogens is 1. The fourth-order valence-electron chi connectivity index (χ4n) is 7.44. The van der Waals surface area contributed by atoms with Crippen molar-refractivity contribution in [2.45, 2.75) is 49.3 Å². The van der Waals surface area contributed by atoms with Crippen LogP contribution in [0.2, 0.25) is 5.02 Å². The van der Waals surface area contributed by atoms with Crippen LogP contribution in [0.15, 0.2) is 72.8 Å². The molecule has 7 nitrogen and oxygen atoms in total. The lowest BCUT2D eigenvalue weighted by Crippen LogP contribution is -2.58. The Morgan fingerprint density at radius 2 is 1.62 bits per heavy atom. The molecule has 2 aromatic carbocycles. The van der Waals surface area contributed by atoms with Gasteiger partial charge in [-0.1, -0.05) is 80.1 Å². The zero-order valence-corrected chi connectivity index (χ0v) is 25.8. The van der Waals surface area contributed by atoms with E-state index in [4.69, 9.17) is 11.6 Å². The molecular weight excluding hydrogens is 570 g/mol. The van der Waals surface area contributed by atoms with E-state index >= 15 is 0 Å². The Hall–Kier alpha value is -3.07. The second kappa shape index (κ2) is 10.6. The predicted molar refractivity (Wildman–Crippen MR) is 168 cm³/mol. The number of hydrogen-bond donors (Lipinski definition) is 1. The molecule has 42 heavy (non-hydrogen) atoms. The molecule has 2 fully saturated rings. The summed E-state index contributed by atoms with van der Waals surface area (Å²) in [5.74, 6) is -2.27. The number of hydrogen-bond acceptors (Lipinski definition) is 5. The summed E-state index contributed by atoms with van der Waals surface area (Å²) in [5, 5.41) is 11.0. The third-order valence-corrected chi connectivity index (χ3v) is 11.4. The fraction of sp³-hybridized carbons (Fsp3) is 0.424. The summed E-state index contributed by atoms with van der Waals surface area (Å²) in [6.45, 7) is 8.19. The third-order valence-electron chi connectivity index (χ3n) is 9.34. The van der Waals surface area contributed by atoms with Gasteiger partial charge in [0.05, 0.1) is 39.9 Å². The van der Waals surface area contributed by atoms with Crippen molar-refractivity contribution < 1.29 is 19.5 Å². The Kier molecular flexibility index (Phi) is 7.31. The lowest BCUT2D eigenvalue weighted by molar-refractivity contribution is -0.143. The average molecular weight is 606 g/mol. The van der Waals surface area contributed by atoms with Crippen LogP contribution in [0.4, 0.5) is 11.4 Å². The molecule has 9 heteroatoms. The molecule has 4 aliphatic rings. The van der Waals surface area contributed by atoms with E-state index in [9.17, 15) is 19.5 Å². The van der Waals surface area contributed by atoms with Gasteiger partial charge in [-0.2, -0.15) is 0 Å². The molecule has 1 N–H and O–H groups in total. The lowest BCUT2D eigenvalue weighted by atomic mass is 9.74. The molecule has 0 bridgehead atoms. The largest absolute Gasteiger partial charge is 0.394 e. The van der Waals surface area contributed by atoms with Crippen LogP contribution in [0.1, 0.15) is 26.3 Å². The number of benzene rings is 2. The molecule has 220 valence electrons. The van der Waals surface area contributed by atoms with Crippen molar-refractivity contribution in [3.05, 3.63) is 83.4 Å². The predicted octanol–water partition coefficient (Wildman–Crippen LogP) is 4.86. The first kappa shape index (κ1) is 29.0. The number of thioether (sulfide) groups is 1. The number of amides is 3. The molecule has 2 saturated heterocycles. The van der Waals surface area contributed by atoms with Crippen molar-refractivity contribution in [3.63, 3.8) is 0 Å². The first-order chi connectivity index (χ1) is 20.1. The molecule has 1 spiro atoms. The number of aliphatic hydroxyl groups excluding tert-OH is 1. The zero-order valence-electron chi connectivity index (χ0n) is 24.2. The van der Waals surface area contributed by atoms with Crippen molar-refractivity contribution in [1.29, 1.82) is 0 Å². The highest BCUT2D eigenvalue weighted by Crippen LogP contribution is 2.66. The molecule has 6 atom stereocenters. The van der Waals surface area contributed by atoms with Crippen molar-refractivity contribution in [3.8, 4) is 0 Å². The summed E-state index contributed by atoms with van der Waals surface area (Å²) in [6, 6.07) is 13.5. The van der Waals surface area contributed by atoms with Gasteiger partial charge in [0.1, 0.15) is 6.04 Å². The Bertz CT molecular complexity index is 1480. The van der Waals surface area contributed by atoms with Crippen molar-refractivity contribution in [2.24, 2.45) is 17.8 Å². The van der Waals surface area contributed by atoms with Gasteiger partial charge in [-0.3, -0.25) is 14.4 Å². The maximum Gasteiger partial charge on any atom is 0.251 e. The van der Waals surface area contributed by atoms with Crippen LogP contribution in [0.25, 0.3) is 0 Å². The average Bonchev–Trinajstić information content (AvgIpc) is 3.22. The summed E-state index contributed by atoms with van der Waals surface area (Å²) in [6.07, 6.45) is 7.99. The Morgan fingerprint density at radius 1 is 0.929 bits per heavy atom. The standard InChI is InChI=1S/C33H36ClN3O4S/c1-20(2)24(19-38)37-28-31(41)36(27-21(3)11-8-14-23(27)34)18-10-16-33(28)26(30(37)40)25-29(39)35(22-12-6-5-7-13-22)17-9-15-32(25,4)42-33/h5-16,20,24-26,28,38H,17-19H2,1-4H3/t24-,25+,26-,28?,32-,33-/m0/s1. The van der Waals surface area contributed by atoms with Gasteiger partial charge in [0.25, 0.3) is 5.91 Å². The molecule has 4 heterocycles. The Balaban J connectivity index is 1.53. The van der Waals surface area contributed by atoms with E-state index in [2.05, 4.69) is 6.08 Å². The van der Waals surface area contributed by atoms with Crippen molar-refractivity contribution in [1.82, 2.24) is 4.90 Å². The highest BCUT2D eigenvalue weighted by atomic mass is 35.5. The third kappa shape index (κ3) is 4.17. The SMILES string of the molecule is Cc1cccc(Cl)c1N1CC=C[C@]23S[C@@]4(C)C=CCN(c5ccccc5)C(=O)[C@H]4[C@H]2C(=O)N([C@@H](CO)C(C)C)C3C1=O. The van der Waals surface area contributed by atoms with E-state index in [0.717, 1.165) is 11.3 Å². The van der Waals surface area contributed by atoms with E-state index in [1.807, 2.05) is 88.4 Å². The number of carbonyl (C=O) groups excluding carboxylic acids is 3. The summed E-state index contributed by atoms with van der Waals surface area (Å²) >= 11 is 8.21. The number of aryl methyl sites for hydroxylation is 1. The van der Waals surface area contributed by atoms with Gasteiger partial charge < -0.3 is 19.8 Å². The van der Waals surface area contributed by atoms with Gasteiger partial charge in [-0.15, -0.1) is 11.8 Å². The number of aliphatic hydroxyl groups is 1. The Labute approximate surface area is 256 Å². The fourth-order valence-corrected chi connectivity index (χ4v) is 9.91. The molecule has 2 aromatic rings. The van der Waals surface area contributed by atoms with Gasteiger partial charge in [0, 0.05) is 23.5 Å². The van der Waals surface area contributed by atoms with Crippen molar-refractivity contribution in [2.75, 3.05) is 29.5 Å². The van der Waals surface area contributed by atoms with Crippen LogP contribution < -0.4 is 9.80 Å². The normalized spacial score (nSPS) is 31.3. The van der Waals surface area contributed by atoms with Crippen LogP contribution in [0.5, 0.6) is 0 Å². The minimum absolute atomic E-state index is 0.118. The number of para-hydroxylation sites is 2. The van der Waals surface area contributed by atoms with Crippen LogP contribution in [0, 0.1) is 24.7 Å². The number of anilines is 2. The van der Waals surface area contributed by atoms with E-state index in [0.29, 0.717) is 17.3 Å². The lowest BCUT2D eigenvalue weighted by Gasteiger charge is -2.41. The summed E-state index contributed by atoms with van der Waals surface area (Å²) < 4.78 is -1.74. The van der Waals surface area contributed by atoms with Gasteiger partial charge in [-0.05, 0) is 43.5 Å². The zero-order chi connectivity index (χ0) is 30.0. The quantitative estimate of drug-likeness (QED) is 0.493. The Morgan fingerprint density at radius 3 is 2.29 bits per heavy atom. The first-order valence-electron chi connectivity index (χ1n) is 14.5. The van der Waals surface area contributed by atoms with Crippen LogP contribution in [0.3, 0.4) is 0 Å². The number of fused-ring (bicyclic) bond motifs is 2. The van der Waals surface area contributed by atoms with E-state index in [1.165, 1.54) is 11.8 Å². The van der Waals surface area contributed by atoms with E-state index < -0.39 is 33.4 Å².